The molecule has 2 saturated heterocycles. The van der Waals surface area contributed by atoms with Crippen LogP contribution >= 0.6 is 0 Å². The molecule has 4 rings (SSSR count). The van der Waals surface area contributed by atoms with Crippen LogP contribution < -0.4 is 5.56 Å². The van der Waals surface area contributed by atoms with Gasteiger partial charge in [-0.2, -0.15) is 0 Å². The molecule has 0 saturated carbocycles. The van der Waals surface area contributed by atoms with Gasteiger partial charge in [-0.15, -0.1) is 0 Å². The van der Waals surface area contributed by atoms with Crippen LogP contribution in [0.3, 0.4) is 0 Å². The van der Waals surface area contributed by atoms with E-state index in [9.17, 15) is 14.4 Å². The number of nitrogens with zero attached hydrogens (tertiary/aromatic N) is 3. The molecule has 0 spiro atoms. The van der Waals surface area contributed by atoms with Gasteiger partial charge in [0.05, 0.1) is 6.10 Å². The molecule has 4 heterocycles. The third kappa shape index (κ3) is 3.18. The number of aromatic nitrogens is 1. The molecule has 0 aromatic carbocycles. The number of hydrogen-bond donors (Lipinski definition) is 0. The summed E-state index contributed by atoms with van der Waals surface area (Å²) in [7, 11) is 1.71. The number of likely N-dealkylation sites (tertiary alicyclic amines) is 2. The average Bonchev–Trinajstić information content (AvgIpc) is 2.68. The summed E-state index contributed by atoms with van der Waals surface area (Å²) in [6.07, 6.45) is 2.68. The van der Waals surface area contributed by atoms with Gasteiger partial charge < -0.3 is 14.5 Å². The molecule has 3 atom stereocenters. The maximum atomic E-state index is 13.5. The summed E-state index contributed by atoms with van der Waals surface area (Å²) in [5.74, 6) is 0.134. The number of carbonyl (C=O) groups excluding carboxylic acids is 2. The van der Waals surface area contributed by atoms with Gasteiger partial charge in [-0.1, -0.05) is 6.07 Å². The molecule has 7 nitrogen and oxygen atoms in total. The SMILES string of the molecule is COC1CCN(C(=O)[C@H]2[C@H]3C[C@H](CN(C(C)=O)C3)c3cccc(=O)n32)CC1. The Morgan fingerprint density at radius 1 is 1.11 bits per heavy atom. The Bertz CT molecular complexity index is 797. The van der Waals surface area contributed by atoms with Crippen LogP contribution in [0.2, 0.25) is 0 Å². The van der Waals surface area contributed by atoms with Crippen LogP contribution in [0.1, 0.15) is 43.8 Å². The summed E-state index contributed by atoms with van der Waals surface area (Å²) in [6.45, 7) is 4.03. The molecule has 0 radical (unpaired) electrons. The molecule has 0 unspecified atom stereocenters. The first-order valence-electron chi connectivity index (χ1n) is 9.78. The van der Waals surface area contributed by atoms with Crippen molar-refractivity contribution in [3.8, 4) is 0 Å². The molecule has 0 N–H and O–H groups in total. The van der Waals surface area contributed by atoms with Crippen LogP contribution in [-0.2, 0) is 14.3 Å². The van der Waals surface area contributed by atoms with Crippen LogP contribution in [-0.4, -0.2) is 65.6 Å². The van der Waals surface area contributed by atoms with E-state index < -0.39 is 6.04 Å². The summed E-state index contributed by atoms with van der Waals surface area (Å²) in [4.78, 5) is 41.9. The van der Waals surface area contributed by atoms with E-state index in [4.69, 9.17) is 4.74 Å². The molecule has 1 aromatic heterocycles. The normalized spacial score (nSPS) is 28.0. The average molecular weight is 373 g/mol. The Morgan fingerprint density at radius 2 is 1.85 bits per heavy atom. The first-order chi connectivity index (χ1) is 13.0. The summed E-state index contributed by atoms with van der Waals surface area (Å²) in [5.41, 5.74) is 0.762. The van der Waals surface area contributed by atoms with E-state index in [1.165, 1.54) is 6.07 Å². The Balaban J connectivity index is 1.68. The molecule has 2 amide bonds. The van der Waals surface area contributed by atoms with Crippen molar-refractivity contribution in [2.75, 3.05) is 33.3 Å². The summed E-state index contributed by atoms with van der Waals surface area (Å²) in [5, 5.41) is 0. The molecular weight excluding hydrogens is 346 g/mol. The van der Waals surface area contributed by atoms with Gasteiger partial charge in [0.15, 0.2) is 0 Å². The molecule has 0 aliphatic carbocycles. The lowest BCUT2D eigenvalue weighted by Gasteiger charge is -2.47. The van der Waals surface area contributed by atoms with Crippen LogP contribution in [0.15, 0.2) is 23.0 Å². The number of rotatable bonds is 2. The third-order valence-corrected chi connectivity index (χ3v) is 6.43. The fraction of sp³-hybridized carbons (Fsp3) is 0.650. The number of amides is 2. The zero-order valence-corrected chi connectivity index (χ0v) is 16.0. The maximum absolute atomic E-state index is 13.5. The van der Waals surface area contributed by atoms with E-state index in [1.807, 2.05) is 15.9 Å². The fourth-order valence-electron chi connectivity index (χ4n) is 5.01. The molecule has 2 bridgehead atoms. The van der Waals surface area contributed by atoms with Gasteiger partial charge in [0.2, 0.25) is 11.8 Å². The Hall–Kier alpha value is -2.15. The Labute approximate surface area is 158 Å². The highest BCUT2D eigenvalue weighted by molar-refractivity contribution is 5.82. The second kappa shape index (κ2) is 7.11. The van der Waals surface area contributed by atoms with Gasteiger partial charge in [-0.3, -0.25) is 19.0 Å². The van der Waals surface area contributed by atoms with Gasteiger partial charge in [-0.05, 0) is 25.3 Å². The zero-order chi connectivity index (χ0) is 19.1. The van der Waals surface area contributed by atoms with Gasteiger partial charge in [0, 0.05) is 63.8 Å². The lowest BCUT2D eigenvalue weighted by Crippen LogP contribution is -2.55. The molecule has 27 heavy (non-hydrogen) atoms. The molecule has 2 fully saturated rings. The fourth-order valence-corrected chi connectivity index (χ4v) is 5.01. The monoisotopic (exact) mass is 373 g/mol. The number of carbonyl (C=O) groups is 2. The molecule has 3 aliphatic rings. The van der Waals surface area contributed by atoms with E-state index in [0.717, 1.165) is 25.0 Å². The quantitative estimate of drug-likeness (QED) is 0.775. The van der Waals surface area contributed by atoms with E-state index in [1.54, 1.807) is 24.7 Å². The van der Waals surface area contributed by atoms with Crippen LogP contribution in [0.25, 0.3) is 0 Å². The van der Waals surface area contributed by atoms with Crippen molar-refractivity contribution < 1.29 is 14.3 Å². The molecule has 146 valence electrons. The highest BCUT2D eigenvalue weighted by Crippen LogP contribution is 2.42. The molecular formula is C20H27N3O4. The number of fused-ring (bicyclic) bond motifs is 4. The minimum absolute atomic E-state index is 0.00737. The van der Waals surface area contributed by atoms with Gasteiger partial charge in [0.25, 0.3) is 5.56 Å². The zero-order valence-electron chi connectivity index (χ0n) is 16.0. The number of ether oxygens (including phenoxy) is 1. The third-order valence-electron chi connectivity index (χ3n) is 6.43. The lowest BCUT2D eigenvalue weighted by molar-refractivity contribution is -0.143. The van der Waals surface area contributed by atoms with Crippen molar-refractivity contribution in [3.05, 3.63) is 34.2 Å². The van der Waals surface area contributed by atoms with Crippen LogP contribution in [0.5, 0.6) is 0 Å². The number of pyridine rings is 1. The topological polar surface area (TPSA) is 71.8 Å². The molecule has 1 aromatic rings. The highest BCUT2D eigenvalue weighted by Gasteiger charge is 2.45. The second-order valence-electron chi connectivity index (χ2n) is 7.98. The first-order valence-corrected chi connectivity index (χ1v) is 9.78. The standard InChI is InChI=1S/C20H27N3O4/c1-13(24)22-11-14-10-15(12-22)19(23-17(14)4-3-5-18(23)25)20(26)21-8-6-16(27-2)7-9-21/h3-5,14-16,19H,6-12H2,1-2H3/t14-,15+,19-/m1/s1. The molecule has 3 aliphatic heterocycles. The Morgan fingerprint density at radius 3 is 2.52 bits per heavy atom. The number of hydrogen-bond acceptors (Lipinski definition) is 4. The predicted molar refractivity (Wildman–Crippen MR) is 99.5 cm³/mol. The van der Waals surface area contributed by atoms with Crippen LogP contribution in [0.4, 0.5) is 0 Å². The second-order valence-corrected chi connectivity index (χ2v) is 7.98. The predicted octanol–water partition coefficient (Wildman–Crippen LogP) is 0.992. The first kappa shape index (κ1) is 18.2. The van der Waals surface area contributed by atoms with Crippen molar-refractivity contribution in [1.29, 1.82) is 0 Å². The number of piperidine rings is 2. The highest BCUT2D eigenvalue weighted by atomic mass is 16.5. The summed E-state index contributed by atoms with van der Waals surface area (Å²) < 4.78 is 7.12. The van der Waals surface area contributed by atoms with E-state index >= 15 is 0 Å². The van der Waals surface area contributed by atoms with Gasteiger partial charge in [-0.25, -0.2) is 0 Å². The van der Waals surface area contributed by atoms with E-state index in [2.05, 4.69) is 0 Å². The lowest BCUT2D eigenvalue weighted by atomic mass is 9.77. The van der Waals surface area contributed by atoms with E-state index in [-0.39, 0.29) is 35.3 Å². The van der Waals surface area contributed by atoms with E-state index in [0.29, 0.717) is 26.2 Å². The minimum atomic E-state index is -0.522. The summed E-state index contributed by atoms with van der Waals surface area (Å²) in [6, 6.07) is 4.70. The summed E-state index contributed by atoms with van der Waals surface area (Å²) >= 11 is 0. The largest absolute Gasteiger partial charge is 0.381 e. The van der Waals surface area contributed by atoms with Crippen molar-refractivity contribution in [1.82, 2.24) is 14.4 Å². The van der Waals surface area contributed by atoms with Crippen molar-refractivity contribution in [3.63, 3.8) is 0 Å². The smallest absolute Gasteiger partial charge is 0.251 e. The maximum Gasteiger partial charge on any atom is 0.251 e. The van der Waals surface area contributed by atoms with Crippen molar-refractivity contribution >= 4 is 11.8 Å². The number of methoxy groups -OCH3 is 1. The molecule has 7 heteroatoms. The minimum Gasteiger partial charge on any atom is -0.381 e. The van der Waals surface area contributed by atoms with Gasteiger partial charge >= 0.3 is 0 Å². The van der Waals surface area contributed by atoms with Crippen molar-refractivity contribution in [2.45, 2.75) is 44.2 Å². The van der Waals surface area contributed by atoms with Crippen molar-refractivity contribution in [2.24, 2.45) is 5.92 Å². The Kier molecular flexibility index (Phi) is 4.80. The van der Waals surface area contributed by atoms with Gasteiger partial charge in [0.1, 0.15) is 6.04 Å². The van der Waals surface area contributed by atoms with Crippen LogP contribution in [0, 0.1) is 5.92 Å².